The first-order valence-electron chi connectivity index (χ1n) is 18.7. The van der Waals surface area contributed by atoms with Gasteiger partial charge in [0.1, 0.15) is 0 Å². The summed E-state index contributed by atoms with van der Waals surface area (Å²) in [6.07, 6.45) is 0. The molecular weight excluding hydrogens is 703 g/mol. The van der Waals surface area contributed by atoms with Gasteiger partial charge in [-0.1, -0.05) is 133 Å². The van der Waals surface area contributed by atoms with Crippen molar-refractivity contribution in [3.8, 4) is 33.4 Å². The van der Waals surface area contributed by atoms with Crippen molar-refractivity contribution in [2.45, 2.75) is 0 Å². The van der Waals surface area contributed by atoms with Gasteiger partial charge in [-0.3, -0.25) is 0 Å². The number of benzene rings is 9. The minimum absolute atomic E-state index is 1.11. The van der Waals surface area contributed by atoms with Crippen LogP contribution in [0.2, 0.25) is 0 Å². The summed E-state index contributed by atoms with van der Waals surface area (Å²) in [5.74, 6) is 0. The van der Waals surface area contributed by atoms with Crippen LogP contribution in [-0.2, 0) is 0 Å². The number of anilines is 3. The monoisotopic (exact) mass is 735 g/mol. The van der Waals surface area contributed by atoms with Crippen molar-refractivity contribution in [2.75, 3.05) is 4.90 Å². The lowest BCUT2D eigenvalue weighted by molar-refractivity contribution is 1.28. The molecular formula is C52H33NS2. The Hall–Kier alpha value is -6.52. The van der Waals surface area contributed by atoms with Crippen LogP contribution in [0.15, 0.2) is 200 Å². The summed E-state index contributed by atoms with van der Waals surface area (Å²) in [5.41, 5.74) is 10.7. The van der Waals surface area contributed by atoms with Crippen LogP contribution >= 0.6 is 22.7 Å². The Kier molecular flexibility index (Phi) is 7.61. The number of rotatable bonds is 6. The molecule has 0 unspecified atom stereocenters. The van der Waals surface area contributed by atoms with Crippen molar-refractivity contribution in [1.82, 2.24) is 0 Å². The lowest BCUT2D eigenvalue weighted by Crippen LogP contribution is -2.09. The van der Waals surface area contributed by atoms with Gasteiger partial charge < -0.3 is 4.90 Å². The highest BCUT2D eigenvalue weighted by molar-refractivity contribution is 7.26. The molecule has 55 heavy (non-hydrogen) atoms. The van der Waals surface area contributed by atoms with E-state index in [9.17, 15) is 0 Å². The SMILES string of the molecule is c1ccc(-c2ccc(N(c3ccc(-c4ccc5cc6sc7ccccc7c6cc5c4)cc3)c3ccc(-c4cccc5c4sc4ccccc45)cc3)cc2)cc1. The maximum atomic E-state index is 2.37. The first kappa shape index (κ1) is 32.0. The Morgan fingerprint density at radius 1 is 0.291 bits per heavy atom. The van der Waals surface area contributed by atoms with Gasteiger partial charge in [0.25, 0.3) is 0 Å². The van der Waals surface area contributed by atoms with Crippen LogP contribution in [0.25, 0.3) is 84.5 Å². The van der Waals surface area contributed by atoms with E-state index >= 15 is 0 Å². The third kappa shape index (κ3) is 5.60. The predicted octanol–water partition coefficient (Wildman–Crippen LogP) is 16.0. The zero-order chi connectivity index (χ0) is 36.3. The second-order valence-electron chi connectivity index (χ2n) is 14.1. The molecule has 0 aliphatic rings. The Bertz CT molecular complexity index is 3170. The number of nitrogens with zero attached hydrogens (tertiary/aromatic N) is 1. The lowest BCUT2D eigenvalue weighted by atomic mass is 9.99. The van der Waals surface area contributed by atoms with Crippen molar-refractivity contribution in [1.29, 1.82) is 0 Å². The van der Waals surface area contributed by atoms with Gasteiger partial charge in [-0.2, -0.15) is 0 Å². The molecule has 0 fully saturated rings. The normalized spacial score (nSPS) is 11.6. The fourth-order valence-electron chi connectivity index (χ4n) is 8.10. The molecule has 0 bridgehead atoms. The molecule has 11 aromatic rings. The van der Waals surface area contributed by atoms with Crippen LogP contribution in [0.5, 0.6) is 0 Å². The molecule has 3 heteroatoms. The largest absolute Gasteiger partial charge is 0.311 e. The first-order chi connectivity index (χ1) is 27.2. The van der Waals surface area contributed by atoms with Gasteiger partial charge in [0.15, 0.2) is 0 Å². The molecule has 0 spiro atoms. The van der Waals surface area contributed by atoms with E-state index in [1.807, 2.05) is 22.7 Å². The quantitative estimate of drug-likeness (QED) is 0.164. The summed E-state index contributed by atoms with van der Waals surface area (Å²) >= 11 is 3.75. The van der Waals surface area contributed by atoms with Gasteiger partial charge in [-0.15, -0.1) is 22.7 Å². The predicted molar refractivity (Wildman–Crippen MR) is 241 cm³/mol. The average molecular weight is 736 g/mol. The van der Waals surface area contributed by atoms with Gasteiger partial charge in [0.05, 0.1) is 0 Å². The first-order valence-corrected chi connectivity index (χ1v) is 20.3. The minimum atomic E-state index is 1.11. The minimum Gasteiger partial charge on any atom is -0.311 e. The zero-order valence-corrected chi connectivity index (χ0v) is 31.4. The third-order valence-corrected chi connectivity index (χ3v) is 13.2. The number of fused-ring (bicyclic) bond motifs is 7. The summed E-state index contributed by atoms with van der Waals surface area (Å²) in [7, 11) is 0. The Morgan fingerprint density at radius 3 is 1.51 bits per heavy atom. The van der Waals surface area contributed by atoms with Crippen molar-refractivity contribution in [2.24, 2.45) is 0 Å². The van der Waals surface area contributed by atoms with E-state index in [0.29, 0.717) is 0 Å². The van der Waals surface area contributed by atoms with Gasteiger partial charge in [0, 0.05) is 57.4 Å². The van der Waals surface area contributed by atoms with Crippen molar-refractivity contribution in [3.05, 3.63) is 200 Å². The second-order valence-corrected chi connectivity index (χ2v) is 16.3. The van der Waals surface area contributed by atoms with E-state index in [0.717, 1.165) is 17.1 Å². The van der Waals surface area contributed by atoms with Crippen LogP contribution in [0.1, 0.15) is 0 Å². The lowest BCUT2D eigenvalue weighted by Gasteiger charge is -2.26. The van der Waals surface area contributed by atoms with Gasteiger partial charge in [-0.05, 0) is 111 Å². The number of hydrogen-bond donors (Lipinski definition) is 0. The van der Waals surface area contributed by atoms with E-state index in [-0.39, 0.29) is 0 Å². The average Bonchev–Trinajstić information content (AvgIpc) is 3.82. The Labute approximate surface area is 327 Å². The molecule has 9 aromatic carbocycles. The number of thiophene rings is 2. The highest BCUT2D eigenvalue weighted by atomic mass is 32.1. The number of hydrogen-bond acceptors (Lipinski definition) is 3. The summed E-state index contributed by atoms with van der Waals surface area (Å²) in [6.45, 7) is 0. The highest BCUT2D eigenvalue weighted by Crippen LogP contribution is 2.42. The Morgan fingerprint density at radius 2 is 0.818 bits per heavy atom. The van der Waals surface area contributed by atoms with Crippen molar-refractivity contribution < 1.29 is 0 Å². The molecule has 2 heterocycles. The molecule has 1 nitrogen and oxygen atoms in total. The highest BCUT2D eigenvalue weighted by Gasteiger charge is 2.16. The molecule has 0 amide bonds. The topological polar surface area (TPSA) is 3.24 Å². The molecule has 0 saturated carbocycles. The summed E-state index contributed by atoms with van der Waals surface area (Å²) < 4.78 is 5.34. The van der Waals surface area contributed by atoms with Crippen LogP contribution < -0.4 is 4.90 Å². The van der Waals surface area contributed by atoms with Crippen molar-refractivity contribution >= 4 is 90.9 Å². The van der Waals surface area contributed by atoms with E-state index < -0.39 is 0 Å². The summed E-state index contributed by atoms with van der Waals surface area (Å²) in [6, 6.07) is 73.3. The van der Waals surface area contributed by atoms with Crippen LogP contribution in [0.4, 0.5) is 17.1 Å². The maximum Gasteiger partial charge on any atom is 0.0462 e. The summed E-state index contributed by atoms with van der Waals surface area (Å²) in [4.78, 5) is 2.36. The zero-order valence-electron chi connectivity index (χ0n) is 29.8. The maximum absolute atomic E-state index is 2.37. The van der Waals surface area contributed by atoms with Crippen LogP contribution in [0.3, 0.4) is 0 Å². The van der Waals surface area contributed by atoms with E-state index in [4.69, 9.17) is 0 Å². The smallest absolute Gasteiger partial charge is 0.0462 e. The molecule has 0 N–H and O–H groups in total. The Balaban J connectivity index is 0.973. The molecule has 2 aromatic heterocycles. The van der Waals surface area contributed by atoms with Crippen LogP contribution in [-0.4, -0.2) is 0 Å². The van der Waals surface area contributed by atoms with E-state index in [1.165, 1.54) is 84.5 Å². The van der Waals surface area contributed by atoms with Gasteiger partial charge in [-0.25, -0.2) is 0 Å². The molecule has 0 aliphatic heterocycles. The third-order valence-electron chi connectivity index (χ3n) is 10.9. The molecule has 11 rings (SSSR count). The standard InChI is InChI=1S/C52H33NS2/c1-2-9-34(10-3-1)35-19-25-41(26-20-35)53(43-29-23-37(24-30-43)44-13-8-14-47-45-11-4-7-16-50(45)55-52(44)47)42-27-21-36(22-28-42)38-17-18-39-33-51-48(32-40(39)31-38)46-12-5-6-15-49(46)54-51/h1-33H. The van der Waals surface area contributed by atoms with E-state index in [2.05, 4.69) is 205 Å². The van der Waals surface area contributed by atoms with Gasteiger partial charge in [0.2, 0.25) is 0 Å². The summed E-state index contributed by atoms with van der Waals surface area (Å²) in [5, 5.41) is 7.86. The van der Waals surface area contributed by atoms with Crippen molar-refractivity contribution in [3.63, 3.8) is 0 Å². The fourth-order valence-corrected chi connectivity index (χ4v) is 10.5. The van der Waals surface area contributed by atoms with Crippen LogP contribution in [0, 0.1) is 0 Å². The molecule has 0 atom stereocenters. The van der Waals surface area contributed by atoms with Gasteiger partial charge >= 0.3 is 0 Å². The molecule has 0 radical (unpaired) electrons. The molecule has 0 saturated heterocycles. The molecule has 0 aliphatic carbocycles. The second kappa shape index (κ2) is 13.1. The van der Waals surface area contributed by atoms with E-state index in [1.54, 1.807) is 0 Å². The molecule has 258 valence electrons. The fraction of sp³-hybridized carbons (Fsp3) is 0.